The van der Waals surface area contributed by atoms with E-state index in [9.17, 15) is 0 Å². The number of aromatic nitrogens is 4. The first-order valence-corrected chi connectivity index (χ1v) is 7.13. The Hall–Kier alpha value is -2.02. The second kappa shape index (κ2) is 5.77. The topological polar surface area (TPSA) is 83.2 Å². The molecule has 1 saturated carbocycles. The van der Waals surface area contributed by atoms with Crippen LogP contribution in [-0.4, -0.2) is 34.1 Å². The minimum atomic E-state index is -0.431. The number of methoxy groups -OCH3 is 1. The lowest BCUT2D eigenvalue weighted by molar-refractivity contribution is -0.0610. The van der Waals surface area contributed by atoms with Crippen molar-refractivity contribution < 1.29 is 14.0 Å². The summed E-state index contributed by atoms with van der Waals surface area (Å²) in [7, 11) is 1.54. The Kier molecular flexibility index (Phi) is 3.83. The number of rotatable bonds is 5. The van der Waals surface area contributed by atoms with Crippen molar-refractivity contribution >= 4 is 0 Å². The molecule has 1 fully saturated rings. The lowest BCUT2D eigenvalue weighted by Crippen LogP contribution is -2.26. The van der Waals surface area contributed by atoms with Crippen LogP contribution in [0.5, 0.6) is 5.88 Å². The fourth-order valence-electron chi connectivity index (χ4n) is 2.70. The first kappa shape index (κ1) is 13.9. The molecule has 0 N–H and O–H groups in total. The lowest BCUT2D eigenvalue weighted by Gasteiger charge is -2.24. The predicted octanol–water partition coefficient (Wildman–Crippen LogP) is 2.34. The normalized spacial score (nSPS) is 17.0. The molecule has 112 valence electrons. The maximum atomic E-state index is 5.91. The molecule has 2 heterocycles. The van der Waals surface area contributed by atoms with Crippen LogP contribution in [0.2, 0.25) is 0 Å². The van der Waals surface area contributed by atoms with E-state index in [2.05, 4.69) is 20.3 Å². The summed E-state index contributed by atoms with van der Waals surface area (Å²) in [6.45, 7) is 2.60. The summed E-state index contributed by atoms with van der Waals surface area (Å²) < 4.78 is 16.3. The summed E-state index contributed by atoms with van der Waals surface area (Å²) in [5.41, 5.74) is 0.121. The molecule has 0 atom stereocenters. The Balaban J connectivity index is 1.87. The van der Waals surface area contributed by atoms with Gasteiger partial charge in [-0.25, -0.2) is 0 Å². The highest BCUT2D eigenvalue weighted by atomic mass is 16.5. The molecule has 0 saturated heterocycles. The van der Waals surface area contributed by atoms with E-state index < -0.39 is 5.60 Å². The molecule has 0 aliphatic heterocycles. The van der Waals surface area contributed by atoms with Crippen molar-refractivity contribution in [3.63, 3.8) is 0 Å². The quantitative estimate of drug-likeness (QED) is 0.835. The lowest BCUT2D eigenvalue weighted by atomic mass is 10.0. The molecule has 3 rings (SSSR count). The number of ether oxygens (including phenoxy) is 2. The fourth-order valence-corrected chi connectivity index (χ4v) is 2.70. The van der Waals surface area contributed by atoms with E-state index in [1.54, 1.807) is 19.2 Å². The second-order valence-corrected chi connectivity index (χ2v) is 5.02. The first-order valence-electron chi connectivity index (χ1n) is 7.13. The van der Waals surface area contributed by atoms with E-state index in [4.69, 9.17) is 14.0 Å². The average Bonchev–Trinajstić information content (AvgIpc) is 3.17. The van der Waals surface area contributed by atoms with Crippen LogP contribution in [0.1, 0.15) is 38.5 Å². The number of nitrogens with zero attached hydrogens (tertiary/aromatic N) is 4. The van der Waals surface area contributed by atoms with Crippen molar-refractivity contribution in [1.29, 1.82) is 0 Å². The third-order valence-electron chi connectivity index (χ3n) is 3.73. The second-order valence-electron chi connectivity index (χ2n) is 5.02. The van der Waals surface area contributed by atoms with Gasteiger partial charge in [0.05, 0.1) is 7.11 Å². The van der Waals surface area contributed by atoms with Gasteiger partial charge in [-0.15, -0.1) is 10.2 Å². The Morgan fingerprint density at radius 1 is 1.24 bits per heavy atom. The van der Waals surface area contributed by atoms with Gasteiger partial charge in [0, 0.05) is 12.7 Å². The van der Waals surface area contributed by atoms with Crippen LogP contribution in [0.4, 0.5) is 0 Å². The molecule has 0 radical (unpaired) electrons. The van der Waals surface area contributed by atoms with Crippen molar-refractivity contribution in [2.45, 2.75) is 38.2 Å². The molecule has 2 aromatic heterocycles. The van der Waals surface area contributed by atoms with Gasteiger partial charge in [0.1, 0.15) is 11.3 Å². The van der Waals surface area contributed by atoms with Gasteiger partial charge in [-0.1, -0.05) is 5.16 Å². The molecule has 0 unspecified atom stereocenters. The van der Waals surface area contributed by atoms with E-state index >= 15 is 0 Å². The van der Waals surface area contributed by atoms with Gasteiger partial charge in [-0.3, -0.25) is 0 Å². The van der Waals surface area contributed by atoms with Gasteiger partial charge >= 0.3 is 0 Å². The summed E-state index contributed by atoms with van der Waals surface area (Å²) in [6.07, 6.45) is 4.05. The third-order valence-corrected chi connectivity index (χ3v) is 3.73. The first-order chi connectivity index (χ1) is 10.3. The van der Waals surface area contributed by atoms with Gasteiger partial charge in [-0.2, -0.15) is 4.98 Å². The SMILES string of the molecule is CCOC1(c2nc(-c3ccc(OC)nn3)no2)CCCC1. The van der Waals surface area contributed by atoms with Gasteiger partial charge in [-0.05, 0) is 38.7 Å². The Morgan fingerprint density at radius 3 is 2.67 bits per heavy atom. The monoisotopic (exact) mass is 290 g/mol. The van der Waals surface area contributed by atoms with Gasteiger partial charge < -0.3 is 14.0 Å². The zero-order valence-corrected chi connectivity index (χ0v) is 12.2. The minimum Gasteiger partial charge on any atom is -0.480 e. The molecule has 21 heavy (non-hydrogen) atoms. The van der Waals surface area contributed by atoms with Crippen LogP contribution in [0.3, 0.4) is 0 Å². The van der Waals surface area contributed by atoms with Crippen LogP contribution in [0.15, 0.2) is 16.7 Å². The molecule has 0 spiro atoms. The molecule has 0 aromatic carbocycles. The molecule has 1 aliphatic rings. The molecule has 0 bridgehead atoms. The fraction of sp³-hybridized carbons (Fsp3) is 0.571. The van der Waals surface area contributed by atoms with Gasteiger partial charge in [0.2, 0.25) is 11.7 Å². The molecular formula is C14H18N4O3. The van der Waals surface area contributed by atoms with Crippen LogP contribution < -0.4 is 4.74 Å². The zero-order chi connectivity index (χ0) is 14.7. The maximum absolute atomic E-state index is 5.91. The smallest absolute Gasteiger partial charge is 0.259 e. The summed E-state index contributed by atoms with van der Waals surface area (Å²) in [5.74, 6) is 1.41. The van der Waals surface area contributed by atoms with Crippen LogP contribution in [0.25, 0.3) is 11.5 Å². The summed E-state index contributed by atoms with van der Waals surface area (Å²) in [6, 6.07) is 3.47. The van der Waals surface area contributed by atoms with E-state index in [1.165, 1.54) is 0 Å². The molecule has 2 aromatic rings. The van der Waals surface area contributed by atoms with E-state index in [0.717, 1.165) is 25.7 Å². The molecule has 7 heteroatoms. The van der Waals surface area contributed by atoms with Crippen LogP contribution >= 0.6 is 0 Å². The Labute approximate surface area is 122 Å². The average molecular weight is 290 g/mol. The zero-order valence-electron chi connectivity index (χ0n) is 12.2. The van der Waals surface area contributed by atoms with Crippen molar-refractivity contribution in [3.05, 3.63) is 18.0 Å². The van der Waals surface area contributed by atoms with E-state index in [-0.39, 0.29) is 0 Å². The summed E-state index contributed by atoms with van der Waals surface area (Å²) in [5, 5.41) is 11.9. The molecule has 7 nitrogen and oxygen atoms in total. The van der Waals surface area contributed by atoms with Crippen LogP contribution in [-0.2, 0) is 10.3 Å². The van der Waals surface area contributed by atoms with Gasteiger partial charge in [0.15, 0.2) is 0 Å². The molecule has 0 amide bonds. The van der Waals surface area contributed by atoms with Crippen molar-refractivity contribution in [3.8, 4) is 17.4 Å². The number of hydrogen-bond acceptors (Lipinski definition) is 7. The number of hydrogen-bond donors (Lipinski definition) is 0. The standard InChI is InChI=1S/C14H18N4O3/c1-3-20-14(8-4-5-9-14)13-15-12(18-21-13)10-6-7-11(19-2)17-16-10/h6-7H,3-5,8-9H2,1-2H3. The molecular weight excluding hydrogens is 272 g/mol. The minimum absolute atomic E-state index is 0.422. The van der Waals surface area contributed by atoms with Crippen LogP contribution in [0, 0.1) is 0 Å². The summed E-state index contributed by atoms with van der Waals surface area (Å²) >= 11 is 0. The van der Waals surface area contributed by atoms with E-state index in [1.807, 2.05) is 6.92 Å². The Morgan fingerprint density at radius 2 is 2.05 bits per heavy atom. The van der Waals surface area contributed by atoms with Gasteiger partial charge in [0.25, 0.3) is 5.89 Å². The van der Waals surface area contributed by atoms with Crippen molar-refractivity contribution in [1.82, 2.24) is 20.3 Å². The highest BCUT2D eigenvalue weighted by Gasteiger charge is 2.41. The summed E-state index contributed by atoms with van der Waals surface area (Å²) in [4.78, 5) is 4.46. The Bertz CT molecular complexity index is 591. The molecule has 1 aliphatic carbocycles. The van der Waals surface area contributed by atoms with E-state index in [0.29, 0.717) is 29.9 Å². The predicted molar refractivity (Wildman–Crippen MR) is 73.6 cm³/mol. The highest BCUT2D eigenvalue weighted by molar-refractivity contribution is 5.47. The third kappa shape index (κ3) is 2.61. The van der Waals surface area contributed by atoms with Crippen molar-refractivity contribution in [2.24, 2.45) is 0 Å². The maximum Gasteiger partial charge on any atom is 0.259 e. The highest BCUT2D eigenvalue weighted by Crippen LogP contribution is 2.41. The largest absolute Gasteiger partial charge is 0.480 e. The van der Waals surface area contributed by atoms with Crippen molar-refractivity contribution in [2.75, 3.05) is 13.7 Å².